The van der Waals surface area contributed by atoms with Crippen LogP contribution in [0.25, 0.3) is 10.9 Å². The molecule has 8 rings (SSSR count). The van der Waals surface area contributed by atoms with Crippen molar-refractivity contribution < 1.29 is 24.9 Å². The molecule has 51 heavy (non-hydrogen) atoms. The lowest BCUT2D eigenvalue weighted by Gasteiger charge is -2.49. The van der Waals surface area contributed by atoms with E-state index < -0.39 is 12.2 Å². The van der Waals surface area contributed by atoms with Gasteiger partial charge in [-0.05, 0) is 97.3 Å². The quantitative estimate of drug-likeness (QED) is 0.0917. The molecule has 10 nitrogen and oxygen atoms in total. The molecule has 1 unspecified atom stereocenters. The van der Waals surface area contributed by atoms with E-state index in [1.807, 2.05) is 66.7 Å². The predicted octanol–water partition coefficient (Wildman–Crippen LogP) is 6.25. The van der Waals surface area contributed by atoms with Gasteiger partial charge in [0.2, 0.25) is 5.56 Å². The van der Waals surface area contributed by atoms with E-state index in [1.165, 1.54) is 12.1 Å². The number of hydrogen-bond donors (Lipinski definition) is 5. The summed E-state index contributed by atoms with van der Waals surface area (Å²) in [6.07, 6.45) is 1.18. The Morgan fingerprint density at radius 2 is 1.71 bits per heavy atom. The van der Waals surface area contributed by atoms with Gasteiger partial charge in [-0.15, -0.1) is 0 Å². The number of fused-ring (bicyclic) bond motifs is 4. The first kappa shape index (κ1) is 34.3. The number of anilines is 1. The second-order valence-electron chi connectivity index (χ2n) is 13.7. The van der Waals surface area contributed by atoms with Crippen molar-refractivity contribution in [3.63, 3.8) is 0 Å². The van der Waals surface area contributed by atoms with Crippen LogP contribution in [0, 0.1) is 11.8 Å². The van der Waals surface area contributed by atoms with Gasteiger partial charge in [0.1, 0.15) is 18.1 Å². The van der Waals surface area contributed by atoms with E-state index in [0.29, 0.717) is 53.5 Å². The van der Waals surface area contributed by atoms with Crippen LogP contribution >= 0.6 is 0 Å². The van der Waals surface area contributed by atoms with Crippen LogP contribution in [0.15, 0.2) is 108 Å². The molecule has 0 aliphatic carbocycles. The first-order valence-electron chi connectivity index (χ1n) is 17.7. The number of amides is 1. The van der Waals surface area contributed by atoms with Crippen molar-refractivity contribution in [3.05, 3.63) is 136 Å². The van der Waals surface area contributed by atoms with Crippen LogP contribution in [0.1, 0.15) is 47.2 Å². The number of H-pyrrole nitrogens is 1. The maximum absolute atomic E-state index is 13.0. The molecule has 3 atom stereocenters. The van der Waals surface area contributed by atoms with Crippen LogP contribution in [0.3, 0.4) is 0 Å². The molecule has 3 fully saturated rings. The van der Waals surface area contributed by atoms with E-state index in [1.54, 1.807) is 17.0 Å². The first-order valence-corrected chi connectivity index (χ1v) is 17.7. The number of aromatic hydroxyl groups is 1. The fourth-order valence-corrected chi connectivity index (χ4v) is 7.82. The summed E-state index contributed by atoms with van der Waals surface area (Å²) >= 11 is 0. The Morgan fingerprint density at radius 3 is 2.43 bits per heavy atom. The number of nitrogens with zero attached hydrogens (tertiary/aromatic N) is 2. The SMILES string of the molecule is O=C(O)N(c1cccc(OCc2ccc(CCNC[C@H](O)c3ccc(O)c4[nH]c(=O)ccc34)cc2)c1)[C@@H](c1ccccc1)C1CN2CCC1CC2. The highest BCUT2D eigenvalue weighted by atomic mass is 16.5. The normalized spacial score (nSPS) is 19.4. The average Bonchev–Trinajstić information content (AvgIpc) is 3.16. The molecule has 0 radical (unpaired) electrons. The number of aliphatic hydroxyl groups excluding tert-OH is 1. The van der Waals surface area contributed by atoms with Crippen LogP contribution < -0.4 is 20.5 Å². The lowest BCUT2D eigenvalue weighted by Crippen LogP contribution is -2.53. The Morgan fingerprint density at radius 1 is 0.941 bits per heavy atom. The Labute approximate surface area is 296 Å². The van der Waals surface area contributed by atoms with Gasteiger partial charge in [0.15, 0.2) is 0 Å². The lowest BCUT2D eigenvalue weighted by molar-refractivity contribution is 0.0358. The molecule has 264 valence electrons. The monoisotopic (exact) mass is 688 g/mol. The van der Waals surface area contributed by atoms with E-state index in [4.69, 9.17) is 4.74 Å². The zero-order valence-corrected chi connectivity index (χ0v) is 28.4. The Kier molecular flexibility index (Phi) is 10.3. The van der Waals surface area contributed by atoms with Crippen molar-refractivity contribution in [2.45, 2.75) is 38.0 Å². The molecule has 2 bridgehead atoms. The topological polar surface area (TPSA) is 138 Å². The van der Waals surface area contributed by atoms with Gasteiger partial charge >= 0.3 is 6.09 Å². The highest BCUT2D eigenvalue weighted by molar-refractivity contribution is 5.88. The van der Waals surface area contributed by atoms with Gasteiger partial charge in [-0.2, -0.15) is 0 Å². The molecule has 3 saturated heterocycles. The Hall–Kier alpha value is -5.16. The zero-order chi connectivity index (χ0) is 35.3. The second kappa shape index (κ2) is 15.4. The molecule has 3 aliphatic heterocycles. The van der Waals surface area contributed by atoms with Crippen LogP contribution in [-0.4, -0.2) is 64.0 Å². The van der Waals surface area contributed by atoms with Gasteiger partial charge in [0.05, 0.1) is 23.3 Å². The third kappa shape index (κ3) is 7.78. The smallest absolute Gasteiger partial charge is 0.412 e. The maximum atomic E-state index is 13.0. The summed E-state index contributed by atoms with van der Waals surface area (Å²) in [6.45, 7) is 4.39. The molecule has 10 heteroatoms. The second-order valence-corrected chi connectivity index (χ2v) is 13.7. The van der Waals surface area contributed by atoms with E-state index in [0.717, 1.165) is 55.6 Å². The van der Waals surface area contributed by atoms with Crippen molar-refractivity contribution in [3.8, 4) is 11.5 Å². The third-order valence-electron chi connectivity index (χ3n) is 10.5. The zero-order valence-electron chi connectivity index (χ0n) is 28.4. The number of benzene rings is 4. The number of phenolic OH excluding ortho intramolecular Hbond substituents is 1. The molecule has 0 saturated carbocycles. The fourth-order valence-electron chi connectivity index (χ4n) is 7.82. The molecular formula is C41H44N4O6. The number of aromatic amines is 1. The number of phenols is 1. The summed E-state index contributed by atoms with van der Waals surface area (Å²) < 4.78 is 6.19. The molecule has 5 aromatic rings. The van der Waals surface area contributed by atoms with Gasteiger partial charge < -0.3 is 35.3 Å². The Balaban J connectivity index is 0.956. The van der Waals surface area contributed by atoms with Crippen molar-refractivity contribution in [1.29, 1.82) is 0 Å². The summed E-state index contributed by atoms with van der Waals surface area (Å²) in [5, 5.41) is 35.5. The molecule has 1 amide bonds. The van der Waals surface area contributed by atoms with Crippen LogP contribution in [0.2, 0.25) is 0 Å². The summed E-state index contributed by atoms with van der Waals surface area (Å²) in [6, 6.07) is 31.5. The molecule has 3 aliphatic rings. The molecule has 0 spiro atoms. The number of nitrogens with one attached hydrogen (secondary N) is 2. The van der Waals surface area contributed by atoms with E-state index in [2.05, 4.69) is 27.3 Å². The number of aliphatic hydroxyl groups is 1. The number of pyridine rings is 1. The van der Waals surface area contributed by atoms with Gasteiger partial charge in [-0.1, -0.05) is 66.7 Å². The number of carbonyl (C=O) groups is 1. The van der Waals surface area contributed by atoms with Crippen molar-refractivity contribution >= 4 is 22.7 Å². The van der Waals surface area contributed by atoms with Gasteiger partial charge in [-0.25, -0.2) is 4.79 Å². The molecule has 1 aromatic heterocycles. The van der Waals surface area contributed by atoms with Gasteiger partial charge in [-0.3, -0.25) is 9.69 Å². The van der Waals surface area contributed by atoms with Crippen molar-refractivity contribution in [2.24, 2.45) is 11.8 Å². The molecule has 4 heterocycles. The van der Waals surface area contributed by atoms with Crippen molar-refractivity contribution in [1.82, 2.24) is 15.2 Å². The maximum Gasteiger partial charge on any atom is 0.412 e. The number of ether oxygens (including phenoxy) is 1. The van der Waals surface area contributed by atoms with Gasteiger partial charge in [0, 0.05) is 30.6 Å². The molecule has 5 N–H and O–H groups in total. The summed E-state index contributed by atoms with van der Waals surface area (Å²) in [7, 11) is 0. The standard InChI is InChI=1S/C41H44N4O6/c46-36-15-13-33(34-14-16-38(48)43-39(34)36)37(47)24-42-20-17-27-9-11-28(12-10-27)26-51-32-8-4-7-31(23-32)45(41(49)50)40(30-5-2-1-3-6-30)35-25-44-21-18-29(35)19-22-44/h1-16,23,29,35,37,40,42,46-47H,17-22,24-26H2,(H,43,48)(H,49,50)/t35?,37-,40-/m0/s1. The van der Waals surface area contributed by atoms with Gasteiger partial charge in [0.25, 0.3) is 0 Å². The average molecular weight is 689 g/mol. The summed E-state index contributed by atoms with van der Waals surface area (Å²) in [4.78, 5) is 31.3. The van der Waals surface area contributed by atoms with Crippen LogP contribution in [0.5, 0.6) is 11.5 Å². The number of carboxylic acid groups (broad SMARTS) is 1. The minimum Gasteiger partial charge on any atom is -0.506 e. The van der Waals surface area contributed by atoms with Crippen LogP contribution in [0.4, 0.5) is 10.5 Å². The van der Waals surface area contributed by atoms with E-state index >= 15 is 0 Å². The first-order chi connectivity index (χ1) is 24.8. The minimum absolute atomic E-state index is 0.0364. The lowest BCUT2D eigenvalue weighted by atomic mass is 9.73. The van der Waals surface area contributed by atoms with E-state index in [9.17, 15) is 24.9 Å². The molecule has 4 aromatic carbocycles. The third-order valence-corrected chi connectivity index (χ3v) is 10.5. The summed E-state index contributed by atoms with van der Waals surface area (Å²) in [5.74, 6) is 1.28. The molecular weight excluding hydrogens is 644 g/mol. The number of rotatable bonds is 13. The fraction of sp³-hybridized carbons (Fsp3) is 0.317. The number of aromatic nitrogens is 1. The largest absolute Gasteiger partial charge is 0.506 e. The summed E-state index contributed by atoms with van der Waals surface area (Å²) in [5.41, 5.74) is 4.37. The highest BCUT2D eigenvalue weighted by Crippen LogP contribution is 2.44. The number of hydrogen-bond acceptors (Lipinski definition) is 7. The number of piperidine rings is 3. The van der Waals surface area contributed by atoms with Crippen LogP contribution in [-0.2, 0) is 13.0 Å². The van der Waals surface area contributed by atoms with E-state index in [-0.39, 0.29) is 23.3 Å². The minimum atomic E-state index is -0.969. The Bertz CT molecular complexity index is 2010. The van der Waals surface area contributed by atoms with Crippen molar-refractivity contribution in [2.75, 3.05) is 37.6 Å². The predicted molar refractivity (Wildman–Crippen MR) is 197 cm³/mol. The highest BCUT2D eigenvalue weighted by Gasteiger charge is 2.43.